The van der Waals surface area contributed by atoms with E-state index in [-0.39, 0.29) is 22.2 Å². The first-order valence-electron chi connectivity index (χ1n) is 6.76. The number of nitrogens with zero attached hydrogens (tertiary/aromatic N) is 1. The fourth-order valence-electron chi connectivity index (χ4n) is 1.59. The minimum absolute atomic E-state index is 0.161. The first-order chi connectivity index (χ1) is 10.0. The lowest BCUT2D eigenvalue weighted by atomic mass is 9.89. The molecule has 0 saturated heterocycles. The summed E-state index contributed by atoms with van der Waals surface area (Å²) in [6, 6.07) is 3.71. The Bertz CT molecular complexity index is 656. The van der Waals surface area contributed by atoms with Crippen LogP contribution in [0.3, 0.4) is 0 Å². The molecule has 0 saturated carbocycles. The minimum atomic E-state index is -3.73. The summed E-state index contributed by atoms with van der Waals surface area (Å²) >= 11 is 0. The molecule has 124 valence electrons. The summed E-state index contributed by atoms with van der Waals surface area (Å²) in [5.41, 5.74) is 5.49. The number of rotatable bonds is 7. The molecule has 0 aliphatic heterocycles. The van der Waals surface area contributed by atoms with Crippen molar-refractivity contribution in [3.8, 4) is 0 Å². The van der Waals surface area contributed by atoms with Crippen molar-refractivity contribution >= 4 is 21.4 Å². The molecular weight excluding hydrogens is 308 g/mol. The number of nitro groups is 1. The van der Waals surface area contributed by atoms with E-state index in [4.69, 9.17) is 5.73 Å². The van der Waals surface area contributed by atoms with Crippen LogP contribution in [0.4, 0.5) is 11.4 Å². The van der Waals surface area contributed by atoms with Crippen LogP contribution in [0.25, 0.3) is 0 Å². The van der Waals surface area contributed by atoms with Gasteiger partial charge in [0.05, 0.1) is 9.82 Å². The average molecular weight is 330 g/mol. The van der Waals surface area contributed by atoms with Crippen molar-refractivity contribution in [3.05, 3.63) is 28.3 Å². The summed E-state index contributed by atoms with van der Waals surface area (Å²) < 4.78 is 25.6. The molecule has 1 aromatic rings. The van der Waals surface area contributed by atoms with E-state index in [0.29, 0.717) is 6.54 Å². The second-order valence-corrected chi connectivity index (χ2v) is 7.54. The number of nitrogens with one attached hydrogen (secondary N) is 2. The maximum absolute atomic E-state index is 11.7. The van der Waals surface area contributed by atoms with Gasteiger partial charge in [0.1, 0.15) is 5.69 Å². The summed E-state index contributed by atoms with van der Waals surface area (Å²) in [5, 5.41) is 14.1. The SMILES string of the molecule is CNS(=O)(=O)c1ccc(NC[C@@](C)(N)C(C)C)c([N+](=O)[O-])c1. The van der Waals surface area contributed by atoms with Gasteiger partial charge >= 0.3 is 0 Å². The second-order valence-electron chi connectivity index (χ2n) is 5.66. The lowest BCUT2D eigenvalue weighted by Crippen LogP contribution is -2.47. The molecule has 0 radical (unpaired) electrons. The molecule has 0 aliphatic rings. The van der Waals surface area contributed by atoms with E-state index in [1.165, 1.54) is 19.2 Å². The standard InChI is InChI=1S/C13H22N4O4S/c1-9(2)13(3,14)8-16-11-6-5-10(22(20,21)15-4)7-12(11)17(18)19/h5-7,9,15-16H,8,14H2,1-4H3/t13-/m1/s1. The zero-order valence-corrected chi connectivity index (χ0v) is 13.9. The first-order valence-corrected chi connectivity index (χ1v) is 8.24. The number of anilines is 1. The number of nitro benzene ring substituents is 1. The Labute approximate surface area is 130 Å². The molecule has 0 aromatic heterocycles. The van der Waals surface area contributed by atoms with E-state index in [0.717, 1.165) is 6.07 Å². The third-order valence-electron chi connectivity index (χ3n) is 3.72. The third kappa shape index (κ3) is 4.15. The summed E-state index contributed by atoms with van der Waals surface area (Å²) in [5.74, 6) is 0.169. The molecule has 0 fully saturated rings. The van der Waals surface area contributed by atoms with Gasteiger partial charge in [0.15, 0.2) is 0 Å². The molecule has 1 aromatic carbocycles. The van der Waals surface area contributed by atoms with Crippen molar-refractivity contribution in [2.75, 3.05) is 18.9 Å². The molecule has 1 atom stereocenters. The molecule has 4 N–H and O–H groups in total. The van der Waals surface area contributed by atoms with Crippen LogP contribution in [0.1, 0.15) is 20.8 Å². The van der Waals surface area contributed by atoms with Gasteiger partial charge in [-0.15, -0.1) is 0 Å². The third-order valence-corrected chi connectivity index (χ3v) is 5.14. The smallest absolute Gasteiger partial charge is 0.293 e. The first kappa shape index (κ1) is 18.3. The fraction of sp³-hybridized carbons (Fsp3) is 0.538. The highest BCUT2D eigenvalue weighted by atomic mass is 32.2. The molecule has 0 aliphatic carbocycles. The van der Waals surface area contributed by atoms with E-state index in [1.807, 2.05) is 20.8 Å². The van der Waals surface area contributed by atoms with Crippen molar-refractivity contribution in [1.82, 2.24) is 4.72 Å². The van der Waals surface area contributed by atoms with Crippen LogP contribution in [-0.2, 0) is 10.0 Å². The van der Waals surface area contributed by atoms with Crippen molar-refractivity contribution in [3.63, 3.8) is 0 Å². The molecular formula is C13H22N4O4S. The molecule has 1 rings (SSSR count). The number of benzene rings is 1. The molecule has 0 heterocycles. The number of nitrogens with two attached hydrogens (primary N) is 1. The van der Waals surface area contributed by atoms with E-state index in [2.05, 4.69) is 10.0 Å². The molecule has 8 nitrogen and oxygen atoms in total. The normalized spacial score (nSPS) is 14.6. The van der Waals surface area contributed by atoms with Crippen molar-refractivity contribution in [2.45, 2.75) is 31.2 Å². The second kappa shape index (κ2) is 6.59. The van der Waals surface area contributed by atoms with Gasteiger partial charge in [-0.05, 0) is 32.0 Å². The highest BCUT2D eigenvalue weighted by molar-refractivity contribution is 7.89. The van der Waals surface area contributed by atoms with E-state index < -0.39 is 20.5 Å². The average Bonchev–Trinajstić information content (AvgIpc) is 2.44. The minimum Gasteiger partial charge on any atom is -0.378 e. The summed E-state index contributed by atoms with van der Waals surface area (Å²) in [6.07, 6.45) is 0. The largest absolute Gasteiger partial charge is 0.378 e. The van der Waals surface area contributed by atoms with Gasteiger partial charge in [0.2, 0.25) is 10.0 Å². The summed E-state index contributed by atoms with van der Waals surface area (Å²) in [7, 11) is -2.49. The van der Waals surface area contributed by atoms with Gasteiger partial charge in [-0.1, -0.05) is 13.8 Å². The predicted octanol–water partition coefficient (Wildman–Crippen LogP) is 1.29. The van der Waals surface area contributed by atoms with Gasteiger partial charge in [0, 0.05) is 18.2 Å². The van der Waals surface area contributed by atoms with Gasteiger partial charge in [-0.3, -0.25) is 10.1 Å². The lowest BCUT2D eigenvalue weighted by Gasteiger charge is -2.29. The quantitative estimate of drug-likeness (QED) is 0.510. The van der Waals surface area contributed by atoms with Crippen molar-refractivity contribution < 1.29 is 13.3 Å². The van der Waals surface area contributed by atoms with Gasteiger partial charge in [0.25, 0.3) is 5.69 Å². The van der Waals surface area contributed by atoms with E-state index >= 15 is 0 Å². The molecule has 0 spiro atoms. The Balaban J connectivity index is 3.15. The van der Waals surface area contributed by atoms with Crippen LogP contribution >= 0.6 is 0 Å². The zero-order valence-electron chi connectivity index (χ0n) is 13.1. The van der Waals surface area contributed by atoms with Crippen LogP contribution in [0.2, 0.25) is 0 Å². The molecule has 0 bridgehead atoms. The van der Waals surface area contributed by atoms with Gasteiger partial charge in [-0.25, -0.2) is 13.1 Å². The Morgan fingerprint density at radius 2 is 2.00 bits per heavy atom. The highest BCUT2D eigenvalue weighted by Gasteiger charge is 2.25. The Hall–Kier alpha value is -1.71. The maximum Gasteiger partial charge on any atom is 0.293 e. The topological polar surface area (TPSA) is 127 Å². The van der Waals surface area contributed by atoms with Crippen molar-refractivity contribution in [1.29, 1.82) is 0 Å². The molecule has 22 heavy (non-hydrogen) atoms. The summed E-state index contributed by atoms with van der Waals surface area (Å²) in [4.78, 5) is 10.4. The Kier molecular flexibility index (Phi) is 5.49. The Morgan fingerprint density at radius 3 is 2.45 bits per heavy atom. The van der Waals surface area contributed by atoms with Crippen LogP contribution in [0.15, 0.2) is 23.1 Å². The predicted molar refractivity (Wildman–Crippen MR) is 85.3 cm³/mol. The molecule has 0 unspecified atom stereocenters. The molecule has 0 amide bonds. The lowest BCUT2D eigenvalue weighted by molar-refractivity contribution is -0.384. The van der Waals surface area contributed by atoms with Crippen LogP contribution in [-0.4, -0.2) is 32.5 Å². The monoisotopic (exact) mass is 330 g/mol. The molecule has 9 heteroatoms. The van der Waals surface area contributed by atoms with Gasteiger partial charge in [-0.2, -0.15) is 0 Å². The Morgan fingerprint density at radius 1 is 1.41 bits per heavy atom. The van der Waals surface area contributed by atoms with E-state index in [9.17, 15) is 18.5 Å². The maximum atomic E-state index is 11.7. The number of hydrogen-bond donors (Lipinski definition) is 3. The van der Waals surface area contributed by atoms with Gasteiger partial charge < -0.3 is 11.1 Å². The van der Waals surface area contributed by atoms with E-state index in [1.54, 1.807) is 0 Å². The van der Waals surface area contributed by atoms with Crippen LogP contribution < -0.4 is 15.8 Å². The number of hydrogen-bond acceptors (Lipinski definition) is 6. The highest BCUT2D eigenvalue weighted by Crippen LogP contribution is 2.28. The zero-order chi connectivity index (χ0) is 17.1. The number of sulfonamides is 1. The summed E-state index contributed by atoms with van der Waals surface area (Å²) in [6.45, 7) is 6.08. The van der Waals surface area contributed by atoms with Crippen molar-refractivity contribution in [2.24, 2.45) is 11.7 Å². The van der Waals surface area contributed by atoms with Crippen LogP contribution in [0.5, 0.6) is 0 Å². The fourth-order valence-corrected chi connectivity index (χ4v) is 2.34. The van der Waals surface area contributed by atoms with Crippen LogP contribution in [0, 0.1) is 16.0 Å².